The Morgan fingerprint density at radius 1 is 1.22 bits per heavy atom. The van der Waals surface area contributed by atoms with Crippen LogP contribution in [0.3, 0.4) is 0 Å². The Labute approximate surface area is 154 Å². The van der Waals surface area contributed by atoms with Gasteiger partial charge in [0.2, 0.25) is 17.6 Å². The van der Waals surface area contributed by atoms with Gasteiger partial charge in [-0.3, -0.25) is 10.1 Å². The Morgan fingerprint density at radius 3 is 2.52 bits per heavy atom. The third-order valence-electron chi connectivity index (χ3n) is 4.69. The van der Waals surface area contributed by atoms with Gasteiger partial charge in [0.05, 0.1) is 37.4 Å². The van der Waals surface area contributed by atoms with Crippen molar-refractivity contribution in [3.05, 3.63) is 42.0 Å². The van der Waals surface area contributed by atoms with E-state index in [1.807, 2.05) is 28.8 Å². The molecule has 27 heavy (non-hydrogen) atoms. The number of imidazole rings is 1. The monoisotopic (exact) mass is 364 g/mol. The van der Waals surface area contributed by atoms with Crippen molar-refractivity contribution in [2.45, 2.75) is 6.04 Å². The second-order valence-electron chi connectivity index (χ2n) is 6.11. The lowest BCUT2D eigenvalue weighted by molar-refractivity contribution is -0.119. The molecule has 2 aromatic carbocycles. The number of aromatic nitrogens is 2. The molecule has 1 aromatic heterocycles. The topological polar surface area (TPSA) is 109 Å². The third-order valence-corrected chi connectivity index (χ3v) is 4.69. The molecule has 0 spiro atoms. The summed E-state index contributed by atoms with van der Waals surface area (Å²) in [7, 11) is 2.84. The maximum Gasteiger partial charge on any atom is 0.246 e. The molecule has 0 radical (unpaired) electrons. The maximum absolute atomic E-state index is 12.5. The predicted octanol–water partition coefficient (Wildman–Crippen LogP) is 2.44. The summed E-state index contributed by atoms with van der Waals surface area (Å²) in [6, 6.07) is 12.1. The van der Waals surface area contributed by atoms with E-state index in [1.165, 1.54) is 14.2 Å². The number of amides is 1. The van der Waals surface area contributed by atoms with Gasteiger partial charge in [0.15, 0.2) is 17.4 Å². The molecule has 136 valence electrons. The number of nitrogens with zero attached hydrogens (tertiary/aromatic N) is 3. The first kappa shape index (κ1) is 16.7. The minimum atomic E-state index is -0.992. The van der Waals surface area contributed by atoms with Crippen LogP contribution in [0.1, 0.15) is 11.6 Å². The first-order chi connectivity index (χ1) is 13.1. The third kappa shape index (κ3) is 2.44. The molecule has 8 heteroatoms. The lowest BCUT2D eigenvalue weighted by Crippen LogP contribution is -2.37. The lowest BCUT2D eigenvalue weighted by Gasteiger charge is -2.30. The molecule has 1 aliphatic heterocycles. The normalized spacial score (nSPS) is 18.5. The van der Waals surface area contributed by atoms with Crippen LogP contribution in [-0.4, -0.2) is 34.8 Å². The van der Waals surface area contributed by atoms with Crippen molar-refractivity contribution in [2.75, 3.05) is 19.5 Å². The number of phenolic OH excluding ortho intramolecular Hbond substituents is 1. The number of methoxy groups -OCH3 is 2. The predicted molar refractivity (Wildman–Crippen MR) is 96.8 cm³/mol. The molecule has 0 saturated heterocycles. The molecule has 2 unspecified atom stereocenters. The average molecular weight is 364 g/mol. The number of carbonyl (C=O) groups excluding carboxylic acids is 1. The average Bonchev–Trinajstić information content (AvgIpc) is 3.04. The highest BCUT2D eigenvalue weighted by Gasteiger charge is 2.39. The first-order valence-electron chi connectivity index (χ1n) is 8.21. The number of nitrogens with one attached hydrogen (secondary N) is 1. The number of hydrogen-bond acceptors (Lipinski definition) is 6. The fourth-order valence-corrected chi connectivity index (χ4v) is 3.45. The fourth-order valence-electron chi connectivity index (χ4n) is 3.45. The van der Waals surface area contributed by atoms with Crippen LogP contribution in [0.2, 0.25) is 0 Å². The molecule has 3 aromatic rings. The number of aromatic hydroxyl groups is 1. The summed E-state index contributed by atoms with van der Waals surface area (Å²) in [6.45, 7) is 0. The number of ether oxygens (including phenoxy) is 2. The summed E-state index contributed by atoms with van der Waals surface area (Å²) in [5.74, 6) is -0.821. The summed E-state index contributed by atoms with van der Waals surface area (Å²) >= 11 is 0. The summed E-state index contributed by atoms with van der Waals surface area (Å²) in [5, 5.41) is 22.6. The van der Waals surface area contributed by atoms with E-state index in [1.54, 1.807) is 12.1 Å². The summed E-state index contributed by atoms with van der Waals surface area (Å²) in [5.41, 5.74) is 2.07. The van der Waals surface area contributed by atoms with Crippen LogP contribution in [0.4, 0.5) is 5.95 Å². The number of carbonyl (C=O) groups is 1. The summed E-state index contributed by atoms with van der Waals surface area (Å²) in [4.78, 5) is 17.0. The Bertz CT molecular complexity index is 1070. The van der Waals surface area contributed by atoms with E-state index in [0.717, 1.165) is 5.52 Å². The lowest BCUT2D eigenvalue weighted by atomic mass is 9.91. The van der Waals surface area contributed by atoms with Crippen LogP contribution in [0.5, 0.6) is 17.2 Å². The van der Waals surface area contributed by atoms with Gasteiger partial charge in [0.1, 0.15) is 0 Å². The second kappa shape index (κ2) is 6.21. The number of phenols is 1. The molecule has 1 amide bonds. The van der Waals surface area contributed by atoms with E-state index in [9.17, 15) is 15.2 Å². The number of hydrogen-bond donors (Lipinski definition) is 2. The fraction of sp³-hybridized carbons (Fsp3) is 0.211. The van der Waals surface area contributed by atoms with E-state index in [2.05, 4.69) is 16.4 Å². The first-order valence-corrected chi connectivity index (χ1v) is 8.21. The Balaban J connectivity index is 2.02. The largest absolute Gasteiger partial charge is 0.502 e. The van der Waals surface area contributed by atoms with E-state index in [0.29, 0.717) is 17.0 Å². The molecule has 0 fully saturated rings. The molecule has 0 aliphatic carbocycles. The molecular formula is C19H16N4O4. The number of rotatable bonds is 3. The number of anilines is 1. The number of para-hydroxylation sites is 2. The van der Waals surface area contributed by atoms with Crippen molar-refractivity contribution >= 4 is 22.9 Å². The summed E-state index contributed by atoms with van der Waals surface area (Å²) < 4.78 is 12.3. The van der Waals surface area contributed by atoms with E-state index >= 15 is 0 Å². The number of fused-ring (bicyclic) bond motifs is 3. The minimum Gasteiger partial charge on any atom is -0.502 e. The molecule has 1 aliphatic rings. The van der Waals surface area contributed by atoms with Gasteiger partial charge >= 0.3 is 0 Å². The van der Waals surface area contributed by atoms with Gasteiger partial charge in [0.25, 0.3) is 0 Å². The number of nitriles is 1. The van der Waals surface area contributed by atoms with Crippen LogP contribution < -0.4 is 14.8 Å². The van der Waals surface area contributed by atoms with Gasteiger partial charge in [-0.05, 0) is 29.8 Å². The van der Waals surface area contributed by atoms with Gasteiger partial charge in [-0.2, -0.15) is 5.26 Å². The van der Waals surface area contributed by atoms with Crippen LogP contribution >= 0.6 is 0 Å². The van der Waals surface area contributed by atoms with E-state index in [4.69, 9.17) is 9.47 Å². The van der Waals surface area contributed by atoms with Crippen LogP contribution in [0, 0.1) is 17.2 Å². The van der Waals surface area contributed by atoms with Crippen LogP contribution in [-0.2, 0) is 4.79 Å². The van der Waals surface area contributed by atoms with E-state index < -0.39 is 17.9 Å². The smallest absolute Gasteiger partial charge is 0.246 e. The molecule has 0 bridgehead atoms. The van der Waals surface area contributed by atoms with Crippen molar-refractivity contribution in [3.63, 3.8) is 0 Å². The zero-order valence-corrected chi connectivity index (χ0v) is 14.6. The molecule has 0 saturated carbocycles. The molecule has 8 nitrogen and oxygen atoms in total. The van der Waals surface area contributed by atoms with Crippen LogP contribution in [0.25, 0.3) is 11.0 Å². The van der Waals surface area contributed by atoms with Crippen molar-refractivity contribution in [1.29, 1.82) is 5.26 Å². The van der Waals surface area contributed by atoms with Crippen molar-refractivity contribution < 1.29 is 19.4 Å². The molecule has 4 rings (SSSR count). The maximum atomic E-state index is 12.5. The highest BCUT2D eigenvalue weighted by molar-refractivity contribution is 5.97. The standard InChI is InChI=1S/C19H16N4O4/c1-26-14-7-10(8-15(27-2)17(14)24)16-11(9-20)18(25)22-19-21-12-5-3-4-6-13(12)23(16)19/h3-8,11,16,24H,1-2H3,(H,21,22,25). The molecule has 2 atom stereocenters. The van der Waals surface area contributed by atoms with Crippen molar-refractivity contribution in [2.24, 2.45) is 5.92 Å². The zero-order chi connectivity index (χ0) is 19.1. The SMILES string of the molecule is COc1cc(C2C(C#N)C(=O)Nc3nc4ccccc4n32)cc(OC)c1O. The van der Waals surface area contributed by atoms with Gasteiger partial charge in [-0.1, -0.05) is 12.1 Å². The molecule has 2 heterocycles. The highest BCUT2D eigenvalue weighted by Crippen LogP contribution is 2.44. The Morgan fingerprint density at radius 2 is 1.89 bits per heavy atom. The van der Waals surface area contributed by atoms with Crippen molar-refractivity contribution in [1.82, 2.24) is 9.55 Å². The highest BCUT2D eigenvalue weighted by atomic mass is 16.5. The van der Waals surface area contributed by atoms with Crippen LogP contribution in [0.15, 0.2) is 36.4 Å². The van der Waals surface area contributed by atoms with Crippen molar-refractivity contribution in [3.8, 4) is 23.3 Å². The number of benzene rings is 2. The Hall–Kier alpha value is -3.73. The second-order valence-corrected chi connectivity index (χ2v) is 6.11. The Kier molecular flexibility index (Phi) is 3.85. The molecular weight excluding hydrogens is 348 g/mol. The van der Waals surface area contributed by atoms with Gasteiger partial charge in [-0.15, -0.1) is 0 Å². The minimum absolute atomic E-state index is 0.145. The van der Waals surface area contributed by atoms with Gasteiger partial charge in [0, 0.05) is 0 Å². The van der Waals surface area contributed by atoms with E-state index in [-0.39, 0.29) is 17.2 Å². The quantitative estimate of drug-likeness (QED) is 0.739. The molecule has 2 N–H and O–H groups in total. The summed E-state index contributed by atoms with van der Waals surface area (Å²) in [6.07, 6.45) is 0. The zero-order valence-electron chi connectivity index (χ0n) is 14.6. The van der Waals surface area contributed by atoms with Gasteiger partial charge < -0.3 is 19.1 Å². The van der Waals surface area contributed by atoms with Gasteiger partial charge in [-0.25, -0.2) is 4.98 Å².